The van der Waals surface area contributed by atoms with Gasteiger partial charge in [-0.15, -0.1) is 0 Å². The summed E-state index contributed by atoms with van der Waals surface area (Å²) < 4.78 is 61.2. The normalized spacial score (nSPS) is 16.1. The van der Waals surface area contributed by atoms with Crippen LogP contribution in [0.2, 0.25) is 0 Å². The molecule has 0 radical (unpaired) electrons. The Labute approximate surface area is 280 Å². The maximum absolute atomic E-state index is 13.9. The summed E-state index contributed by atoms with van der Waals surface area (Å²) in [5.74, 6) is 1.35. The number of sulfonamides is 1. The van der Waals surface area contributed by atoms with E-state index in [1.165, 1.54) is 18.2 Å². The molecule has 2 heterocycles. The number of aliphatic hydroxyl groups is 1. The van der Waals surface area contributed by atoms with E-state index in [0.717, 1.165) is 15.6 Å². The van der Waals surface area contributed by atoms with Crippen LogP contribution < -0.4 is 19.5 Å². The highest BCUT2D eigenvalue weighted by Gasteiger charge is 2.35. The smallest absolute Gasteiger partial charge is 0.407 e. The van der Waals surface area contributed by atoms with E-state index < -0.39 is 47.0 Å². The van der Waals surface area contributed by atoms with Crippen molar-refractivity contribution < 1.29 is 51.6 Å². The topological polar surface area (TPSA) is 151 Å². The van der Waals surface area contributed by atoms with E-state index in [1.54, 1.807) is 12.1 Å². The molecule has 3 aromatic rings. The van der Waals surface area contributed by atoms with Crippen LogP contribution in [0.1, 0.15) is 37.8 Å². The molecule has 3 aromatic carbocycles. The Morgan fingerprint density at radius 3 is 2.35 bits per heavy atom. The summed E-state index contributed by atoms with van der Waals surface area (Å²) in [6.45, 7) is 4.07. The average Bonchev–Trinajstić information content (AvgIpc) is 3.58. The summed E-state index contributed by atoms with van der Waals surface area (Å²) in [6.07, 6.45) is -2.15. The van der Waals surface area contributed by atoms with Crippen LogP contribution in [0, 0.1) is 0 Å². The second-order valence-corrected chi connectivity index (χ2v) is 13.2. The lowest BCUT2D eigenvalue weighted by molar-refractivity contribution is -0.153. The Morgan fingerprint density at radius 2 is 1.65 bits per heavy atom. The molecule has 1 saturated heterocycles. The van der Waals surface area contributed by atoms with Crippen molar-refractivity contribution in [1.29, 1.82) is 0 Å². The molecule has 260 valence electrons. The lowest BCUT2D eigenvalue weighted by Crippen LogP contribution is -2.52. The number of hydrogen-bond acceptors (Lipinski definition) is 11. The molecule has 0 unspecified atom stereocenters. The number of ether oxygens (including phenoxy) is 6. The number of carbonyl (C=O) groups is 1. The minimum Gasteiger partial charge on any atom is -0.489 e. The van der Waals surface area contributed by atoms with Gasteiger partial charge < -0.3 is 38.8 Å². The third-order valence-corrected chi connectivity index (χ3v) is 9.49. The number of amides is 1. The number of aliphatic hydroxyl groups excluding tert-OH is 1. The number of benzene rings is 3. The van der Waals surface area contributed by atoms with Crippen molar-refractivity contribution in [2.24, 2.45) is 0 Å². The van der Waals surface area contributed by atoms with Gasteiger partial charge in [0.1, 0.15) is 19.1 Å². The quantitative estimate of drug-likeness (QED) is 0.209. The van der Waals surface area contributed by atoms with Crippen molar-refractivity contribution in [2.45, 2.75) is 69.0 Å². The molecule has 0 aromatic heterocycles. The Bertz CT molecular complexity index is 1560. The van der Waals surface area contributed by atoms with Gasteiger partial charge in [-0.05, 0) is 54.7 Å². The summed E-state index contributed by atoms with van der Waals surface area (Å²) in [5, 5.41) is 14.3. The molecule has 0 bridgehead atoms. The van der Waals surface area contributed by atoms with Gasteiger partial charge in [-0.1, -0.05) is 60.8 Å². The summed E-state index contributed by atoms with van der Waals surface area (Å²) in [7, 11) is -4.30. The van der Waals surface area contributed by atoms with Gasteiger partial charge in [0, 0.05) is 6.07 Å². The molecule has 2 atom stereocenters. The van der Waals surface area contributed by atoms with Crippen LogP contribution >= 0.6 is 0 Å². The minimum atomic E-state index is -4.30. The van der Waals surface area contributed by atoms with Crippen molar-refractivity contribution in [2.75, 3.05) is 33.3 Å². The fraction of sp³-hybridized carbons (Fsp3) is 0.441. The van der Waals surface area contributed by atoms with Crippen LogP contribution in [0.5, 0.6) is 17.2 Å². The molecule has 13 nitrogen and oxygen atoms in total. The highest BCUT2D eigenvalue weighted by atomic mass is 32.2. The van der Waals surface area contributed by atoms with Gasteiger partial charge in [-0.2, -0.15) is 0 Å². The monoisotopic (exact) mass is 686 g/mol. The third-order valence-electron chi connectivity index (χ3n) is 7.87. The first-order chi connectivity index (χ1) is 23.2. The maximum Gasteiger partial charge on any atom is 0.407 e. The predicted molar refractivity (Wildman–Crippen MR) is 173 cm³/mol. The molecule has 48 heavy (non-hydrogen) atoms. The van der Waals surface area contributed by atoms with Gasteiger partial charge in [0.2, 0.25) is 6.79 Å². The summed E-state index contributed by atoms with van der Waals surface area (Å²) in [6, 6.07) is 20.3. The van der Waals surface area contributed by atoms with Crippen LogP contribution in [0.3, 0.4) is 0 Å². The summed E-state index contributed by atoms with van der Waals surface area (Å²) >= 11 is 0. The molecule has 1 amide bonds. The molecule has 0 spiro atoms. The Kier molecular flexibility index (Phi) is 12.5. The fourth-order valence-corrected chi connectivity index (χ4v) is 6.42. The van der Waals surface area contributed by atoms with Gasteiger partial charge in [0.25, 0.3) is 10.0 Å². The van der Waals surface area contributed by atoms with Crippen LogP contribution in [0.4, 0.5) is 4.79 Å². The number of fused-ring (bicyclic) bond motifs is 1. The van der Waals surface area contributed by atoms with E-state index >= 15 is 0 Å². The van der Waals surface area contributed by atoms with E-state index in [2.05, 4.69) is 5.32 Å². The Balaban J connectivity index is 1.34. The van der Waals surface area contributed by atoms with E-state index in [-0.39, 0.29) is 43.9 Å². The number of rotatable bonds is 16. The summed E-state index contributed by atoms with van der Waals surface area (Å²) in [4.78, 5) is 18.9. The molecule has 0 aliphatic carbocycles. The number of hydrogen-bond donors (Lipinski definition) is 2. The standard InChI is InChI=1S/C34H42N2O11S/c1-3-26(4-2)47-36(48(39,40)29-14-15-32-33(17-29)45-23-44-32)18-31(37)30(35-34(38)46-28-20-41-22-42-21-28)16-24-10-12-27(13-11-24)43-19-25-8-6-5-7-9-25/h5-15,17,26,28,30-31,37H,3-4,16,18-23H2,1-2H3,(H,35,38)/t30-,31+/m0/s1. The number of carbonyl (C=O) groups excluding carboxylic acids is 1. The number of nitrogens with one attached hydrogen (secondary N) is 1. The largest absolute Gasteiger partial charge is 0.489 e. The second-order valence-electron chi connectivity index (χ2n) is 11.4. The molecular formula is C34H42N2O11S. The van der Waals surface area contributed by atoms with Crippen molar-refractivity contribution in [3.05, 3.63) is 83.9 Å². The minimum absolute atomic E-state index is 0.0196. The number of alkyl carbamates (subject to hydrolysis) is 1. The number of hydroxylamine groups is 1. The van der Waals surface area contributed by atoms with Gasteiger partial charge in [0.15, 0.2) is 17.6 Å². The third kappa shape index (κ3) is 9.58. The zero-order valence-corrected chi connectivity index (χ0v) is 27.8. The van der Waals surface area contributed by atoms with E-state index in [4.69, 9.17) is 33.3 Å². The van der Waals surface area contributed by atoms with E-state index in [0.29, 0.717) is 30.9 Å². The van der Waals surface area contributed by atoms with Gasteiger partial charge in [-0.3, -0.25) is 4.84 Å². The predicted octanol–water partition coefficient (Wildman–Crippen LogP) is 4.18. The van der Waals surface area contributed by atoms with Crippen molar-refractivity contribution in [1.82, 2.24) is 9.79 Å². The highest BCUT2D eigenvalue weighted by molar-refractivity contribution is 7.89. The molecule has 5 rings (SSSR count). The van der Waals surface area contributed by atoms with Gasteiger partial charge in [0.05, 0.1) is 42.9 Å². The first-order valence-corrected chi connectivity index (χ1v) is 17.3. The van der Waals surface area contributed by atoms with Crippen molar-refractivity contribution >= 4 is 16.1 Å². The first-order valence-electron chi connectivity index (χ1n) is 15.9. The molecule has 2 aliphatic heterocycles. The van der Waals surface area contributed by atoms with Crippen LogP contribution in [-0.2, 0) is 42.1 Å². The SMILES string of the molecule is CCC(CC)ON(C[C@@H](O)[C@H](Cc1ccc(OCc2ccccc2)cc1)NC(=O)OC1COCOC1)S(=O)(=O)c1ccc2c(c1)OCO2. The van der Waals surface area contributed by atoms with E-state index in [1.807, 2.05) is 56.3 Å². The van der Waals surface area contributed by atoms with Crippen molar-refractivity contribution in [3.63, 3.8) is 0 Å². The van der Waals surface area contributed by atoms with E-state index in [9.17, 15) is 18.3 Å². The lowest BCUT2D eigenvalue weighted by atomic mass is 10.0. The van der Waals surface area contributed by atoms with Crippen LogP contribution in [-0.4, -0.2) is 81.8 Å². The molecule has 1 fully saturated rings. The van der Waals surface area contributed by atoms with Crippen molar-refractivity contribution in [3.8, 4) is 17.2 Å². The lowest BCUT2D eigenvalue weighted by Gasteiger charge is -2.31. The molecule has 2 aliphatic rings. The molecule has 2 N–H and O–H groups in total. The second kappa shape index (κ2) is 17.0. The van der Waals surface area contributed by atoms with Crippen LogP contribution in [0.15, 0.2) is 77.7 Å². The fourth-order valence-electron chi connectivity index (χ4n) is 5.11. The zero-order chi connectivity index (χ0) is 33.9. The first kappa shape index (κ1) is 35.4. The molecular weight excluding hydrogens is 644 g/mol. The summed E-state index contributed by atoms with van der Waals surface area (Å²) in [5.41, 5.74) is 1.78. The zero-order valence-electron chi connectivity index (χ0n) is 27.0. The van der Waals surface area contributed by atoms with Gasteiger partial charge in [-0.25, -0.2) is 13.2 Å². The van der Waals surface area contributed by atoms with Crippen LogP contribution in [0.25, 0.3) is 0 Å². The molecule has 14 heteroatoms. The Hall–Kier alpha value is -3.92. The highest BCUT2D eigenvalue weighted by Crippen LogP contribution is 2.35. The maximum atomic E-state index is 13.9. The number of nitrogens with zero attached hydrogens (tertiary/aromatic N) is 1. The van der Waals surface area contributed by atoms with Gasteiger partial charge >= 0.3 is 6.09 Å². The Morgan fingerprint density at radius 1 is 0.938 bits per heavy atom. The average molecular weight is 687 g/mol. The molecule has 0 saturated carbocycles.